The molecule has 5 heterocycles. The molecule has 4 aromatic rings. The van der Waals surface area contributed by atoms with E-state index in [0.29, 0.717) is 19.3 Å². The van der Waals surface area contributed by atoms with Gasteiger partial charge in [-0.3, -0.25) is 9.58 Å². The molecule has 13 heteroatoms. The predicted molar refractivity (Wildman–Crippen MR) is 137 cm³/mol. The van der Waals surface area contributed by atoms with Gasteiger partial charge in [-0.2, -0.15) is 23.5 Å². The second-order valence-corrected chi connectivity index (χ2v) is 10.5. The molecule has 0 bridgehead atoms. The number of alkyl halides is 3. The Balaban J connectivity index is 1.09. The average Bonchev–Trinajstić information content (AvgIpc) is 3.61. The molecule has 1 saturated carbocycles. The van der Waals surface area contributed by atoms with E-state index in [4.69, 9.17) is 4.74 Å². The Hall–Kier alpha value is -4.02. The number of nitrogens with one attached hydrogen (secondary N) is 1. The molecule has 10 nitrogen and oxygen atoms in total. The van der Waals surface area contributed by atoms with E-state index < -0.39 is 24.0 Å². The smallest absolute Gasteiger partial charge is 0.433 e. The van der Waals surface area contributed by atoms with Crippen molar-refractivity contribution in [2.24, 2.45) is 0 Å². The number of aromatic amines is 1. The second-order valence-electron chi connectivity index (χ2n) is 10.5. The number of aliphatic hydroxyl groups is 1. The molecule has 2 N–H and O–H groups in total. The number of nitrogens with zero attached hydrogens (tertiary/aromatic N) is 7. The molecule has 0 atom stereocenters. The number of likely N-dealkylation sites (tertiary alicyclic amines) is 1. The highest BCUT2D eigenvalue weighted by molar-refractivity contribution is 5.90. The summed E-state index contributed by atoms with van der Waals surface area (Å²) in [5.74, 6) is -0.121. The van der Waals surface area contributed by atoms with Crippen LogP contribution in [0.2, 0.25) is 0 Å². The largest absolute Gasteiger partial charge is 0.474 e. The van der Waals surface area contributed by atoms with Crippen LogP contribution in [0, 0.1) is 11.3 Å². The Morgan fingerprint density at radius 1 is 1.20 bits per heavy atom. The van der Waals surface area contributed by atoms with Crippen LogP contribution < -0.4 is 4.74 Å². The van der Waals surface area contributed by atoms with E-state index in [0.717, 1.165) is 54.3 Å². The molecule has 1 saturated heterocycles. The van der Waals surface area contributed by atoms with Gasteiger partial charge < -0.3 is 14.8 Å². The van der Waals surface area contributed by atoms with Gasteiger partial charge >= 0.3 is 6.18 Å². The van der Waals surface area contributed by atoms with Crippen molar-refractivity contribution in [3.05, 3.63) is 54.4 Å². The van der Waals surface area contributed by atoms with Crippen LogP contribution in [0.5, 0.6) is 5.88 Å². The van der Waals surface area contributed by atoms with E-state index in [-0.39, 0.29) is 23.6 Å². The van der Waals surface area contributed by atoms with Crippen LogP contribution in [0.1, 0.15) is 43.4 Å². The topological polar surface area (TPSA) is 129 Å². The van der Waals surface area contributed by atoms with Crippen LogP contribution in [0.4, 0.5) is 13.2 Å². The zero-order valence-electron chi connectivity index (χ0n) is 21.5. The van der Waals surface area contributed by atoms with Gasteiger partial charge in [0.05, 0.1) is 36.5 Å². The number of rotatable bonds is 7. The van der Waals surface area contributed by atoms with E-state index in [1.807, 2.05) is 23.1 Å². The van der Waals surface area contributed by atoms with Gasteiger partial charge in [-0.15, -0.1) is 0 Å². The summed E-state index contributed by atoms with van der Waals surface area (Å²) >= 11 is 0. The first kappa shape index (κ1) is 26.2. The third-order valence-corrected chi connectivity index (χ3v) is 7.95. The third kappa shape index (κ3) is 4.89. The van der Waals surface area contributed by atoms with Crippen LogP contribution in [0.15, 0.2) is 43.1 Å². The zero-order valence-corrected chi connectivity index (χ0v) is 21.5. The Morgan fingerprint density at radius 3 is 2.73 bits per heavy atom. The van der Waals surface area contributed by atoms with E-state index in [2.05, 4.69) is 36.0 Å². The van der Waals surface area contributed by atoms with Crippen LogP contribution in [-0.2, 0) is 18.3 Å². The van der Waals surface area contributed by atoms with Gasteiger partial charge in [0.1, 0.15) is 23.8 Å². The normalized spacial score (nSPS) is 22.2. The fourth-order valence-corrected chi connectivity index (χ4v) is 5.83. The number of aliphatic hydroxyl groups excluding tert-OH is 1. The number of pyridine rings is 1. The zero-order chi connectivity index (χ0) is 27.9. The summed E-state index contributed by atoms with van der Waals surface area (Å²) in [6.45, 7) is 0.918. The summed E-state index contributed by atoms with van der Waals surface area (Å²) in [5.41, 5.74) is 1.02. The number of piperidine rings is 1. The number of halogens is 3. The van der Waals surface area contributed by atoms with Crippen molar-refractivity contribution in [1.29, 1.82) is 5.26 Å². The minimum atomic E-state index is -4.62. The maximum atomic E-state index is 13.2. The monoisotopic (exact) mass is 552 g/mol. The van der Waals surface area contributed by atoms with Crippen molar-refractivity contribution in [2.45, 2.75) is 62.6 Å². The van der Waals surface area contributed by atoms with Crippen molar-refractivity contribution < 1.29 is 23.0 Å². The summed E-state index contributed by atoms with van der Waals surface area (Å²) in [4.78, 5) is 17.7. The Labute approximate surface area is 227 Å². The van der Waals surface area contributed by atoms with Gasteiger partial charge in [-0.1, -0.05) is 0 Å². The first-order chi connectivity index (χ1) is 19.3. The standard InChI is InChI=1S/C27H27F3N8O2/c28-27(29,30)22-9-17(15-39)10-23(36-22)40-20-2-7-37(8-3-20)19-11-26(12-19,4-5-31)38-14-18(13-35-38)24-21-1-6-32-25(21)34-16-33-24/h1,6,9-10,13-14,16,19-20,39H,2-4,7-8,11-12,15H2,(H,32,33,34)/t19-,26-. The molecular formula is C27H27F3N8O2. The van der Waals surface area contributed by atoms with Gasteiger partial charge in [0, 0.05) is 48.5 Å². The molecule has 208 valence electrons. The summed E-state index contributed by atoms with van der Waals surface area (Å²) in [6, 6.07) is 6.71. The van der Waals surface area contributed by atoms with Crippen LogP contribution >= 0.6 is 0 Å². The van der Waals surface area contributed by atoms with E-state index in [9.17, 15) is 23.5 Å². The summed E-state index contributed by atoms with van der Waals surface area (Å²) in [5, 5.41) is 24.5. The van der Waals surface area contributed by atoms with Gasteiger partial charge in [-0.05, 0) is 43.4 Å². The van der Waals surface area contributed by atoms with Crippen molar-refractivity contribution in [3.63, 3.8) is 0 Å². The Morgan fingerprint density at radius 2 is 2.00 bits per heavy atom. The summed E-state index contributed by atoms with van der Waals surface area (Å²) in [7, 11) is 0. The predicted octanol–water partition coefficient (Wildman–Crippen LogP) is 4.04. The molecule has 0 radical (unpaired) electrons. The highest BCUT2D eigenvalue weighted by Gasteiger charge is 2.49. The third-order valence-electron chi connectivity index (χ3n) is 7.95. The van der Waals surface area contributed by atoms with Crippen LogP contribution in [0.25, 0.3) is 22.3 Å². The number of fused-ring (bicyclic) bond motifs is 1. The first-order valence-corrected chi connectivity index (χ1v) is 13.1. The molecule has 1 aliphatic heterocycles. The number of hydrogen-bond donors (Lipinski definition) is 2. The van der Waals surface area contributed by atoms with E-state index in [1.54, 1.807) is 6.20 Å². The molecular weight excluding hydrogens is 525 g/mol. The summed E-state index contributed by atoms with van der Waals surface area (Å²) in [6.07, 6.45) is 5.31. The molecule has 0 amide bonds. The number of hydrogen-bond acceptors (Lipinski definition) is 8. The van der Waals surface area contributed by atoms with Crippen molar-refractivity contribution in [3.8, 4) is 23.2 Å². The maximum absolute atomic E-state index is 13.2. The van der Waals surface area contributed by atoms with Crippen molar-refractivity contribution >= 4 is 11.0 Å². The molecule has 4 aromatic heterocycles. The minimum absolute atomic E-state index is 0.108. The lowest BCUT2D eigenvalue weighted by atomic mass is 9.69. The average molecular weight is 553 g/mol. The van der Waals surface area contributed by atoms with Gasteiger partial charge in [0.2, 0.25) is 5.88 Å². The van der Waals surface area contributed by atoms with Crippen LogP contribution in [-0.4, -0.2) is 65.0 Å². The number of nitriles is 1. The molecule has 0 aromatic carbocycles. The lowest BCUT2D eigenvalue weighted by Gasteiger charge is -2.52. The molecule has 0 spiro atoms. The van der Waals surface area contributed by atoms with Gasteiger partial charge in [0.25, 0.3) is 0 Å². The lowest BCUT2D eigenvalue weighted by Crippen LogP contribution is -2.58. The van der Waals surface area contributed by atoms with Crippen molar-refractivity contribution in [2.75, 3.05) is 13.1 Å². The van der Waals surface area contributed by atoms with Gasteiger partial charge in [-0.25, -0.2) is 15.0 Å². The molecule has 2 fully saturated rings. The molecule has 6 rings (SSSR count). The second kappa shape index (κ2) is 10.2. The van der Waals surface area contributed by atoms with E-state index in [1.165, 1.54) is 12.4 Å². The van der Waals surface area contributed by atoms with Gasteiger partial charge in [0.15, 0.2) is 0 Å². The highest BCUT2D eigenvalue weighted by atomic mass is 19.4. The number of ether oxygens (including phenoxy) is 1. The van der Waals surface area contributed by atoms with Crippen LogP contribution in [0.3, 0.4) is 0 Å². The molecule has 0 unspecified atom stereocenters. The van der Waals surface area contributed by atoms with E-state index >= 15 is 0 Å². The first-order valence-electron chi connectivity index (χ1n) is 13.1. The van der Waals surface area contributed by atoms with Crippen molar-refractivity contribution in [1.82, 2.24) is 34.6 Å². The lowest BCUT2D eigenvalue weighted by molar-refractivity contribution is -0.141. The fourth-order valence-electron chi connectivity index (χ4n) is 5.83. The summed E-state index contributed by atoms with van der Waals surface area (Å²) < 4.78 is 47.3. The Kier molecular flexibility index (Phi) is 6.67. The number of H-pyrrole nitrogens is 1. The molecule has 40 heavy (non-hydrogen) atoms. The Bertz CT molecular complexity index is 1550. The maximum Gasteiger partial charge on any atom is 0.433 e. The SMILES string of the molecule is N#CC[C@]1(n2cc(-c3ncnc4[nH]ccc34)cn2)C[C@H](N2CCC(Oc3cc(CO)cc(C(F)(F)F)n3)CC2)C1. The number of aromatic nitrogens is 6. The quantitative estimate of drug-likeness (QED) is 0.352. The fraction of sp³-hybridized carbons (Fsp3) is 0.444. The molecule has 1 aliphatic carbocycles. The molecule has 2 aliphatic rings. The minimum Gasteiger partial charge on any atom is -0.474 e. The highest BCUT2D eigenvalue weighted by Crippen LogP contribution is 2.45.